The molecular weight excluding hydrogens is 220 g/mol. The molecule has 2 N–H and O–H groups in total. The molecule has 0 fully saturated rings. The molecule has 3 heteroatoms. The number of halogens is 1. The fourth-order valence-electron chi connectivity index (χ4n) is 1.42. The Morgan fingerprint density at radius 3 is 2.69 bits per heavy atom. The van der Waals surface area contributed by atoms with E-state index in [1.54, 1.807) is 0 Å². The molecular formula is C13H21ClN2. The molecule has 1 aromatic rings. The van der Waals surface area contributed by atoms with Gasteiger partial charge in [0.05, 0.1) is 0 Å². The Morgan fingerprint density at radius 1 is 1.19 bits per heavy atom. The SMILES string of the molecule is CCCCNCCNc1ccc(C)c(Cl)c1. The van der Waals surface area contributed by atoms with E-state index in [0.717, 1.165) is 35.9 Å². The van der Waals surface area contributed by atoms with E-state index >= 15 is 0 Å². The maximum absolute atomic E-state index is 6.04. The minimum absolute atomic E-state index is 0.823. The van der Waals surface area contributed by atoms with Crippen molar-refractivity contribution in [3.05, 3.63) is 28.8 Å². The summed E-state index contributed by atoms with van der Waals surface area (Å²) in [6.07, 6.45) is 2.49. The summed E-state index contributed by atoms with van der Waals surface area (Å²) < 4.78 is 0. The summed E-state index contributed by atoms with van der Waals surface area (Å²) in [5.41, 5.74) is 2.21. The van der Waals surface area contributed by atoms with Crippen LogP contribution in [0.4, 0.5) is 5.69 Å². The van der Waals surface area contributed by atoms with Crippen molar-refractivity contribution >= 4 is 17.3 Å². The number of anilines is 1. The minimum Gasteiger partial charge on any atom is -0.384 e. The number of rotatable bonds is 7. The van der Waals surface area contributed by atoms with Crippen LogP contribution in [0.5, 0.6) is 0 Å². The molecule has 0 radical (unpaired) electrons. The second kappa shape index (κ2) is 7.53. The summed E-state index contributed by atoms with van der Waals surface area (Å²) in [4.78, 5) is 0. The van der Waals surface area contributed by atoms with E-state index in [0.29, 0.717) is 0 Å². The molecule has 2 nitrogen and oxygen atoms in total. The van der Waals surface area contributed by atoms with E-state index < -0.39 is 0 Å². The van der Waals surface area contributed by atoms with Crippen LogP contribution in [0, 0.1) is 6.92 Å². The predicted octanol–water partition coefficient (Wildman–Crippen LogP) is 3.45. The van der Waals surface area contributed by atoms with Crippen molar-refractivity contribution in [1.82, 2.24) is 5.32 Å². The van der Waals surface area contributed by atoms with Gasteiger partial charge in [0.1, 0.15) is 0 Å². The zero-order valence-corrected chi connectivity index (χ0v) is 10.9. The Morgan fingerprint density at radius 2 is 2.00 bits per heavy atom. The van der Waals surface area contributed by atoms with Crippen LogP contribution in [0.2, 0.25) is 5.02 Å². The average Bonchev–Trinajstić information content (AvgIpc) is 2.28. The average molecular weight is 241 g/mol. The number of aryl methyl sites for hydroxylation is 1. The lowest BCUT2D eigenvalue weighted by atomic mass is 10.2. The predicted molar refractivity (Wildman–Crippen MR) is 72.5 cm³/mol. The summed E-state index contributed by atoms with van der Waals surface area (Å²) in [5, 5.41) is 7.55. The van der Waals surface area contributed by atoms with Crippen molar-refractivity contribution in [2.45, 2.75) is 26.7 Å². The van der Waals surface area contributed by atoms with Crippen LogP contribution in [0.15, 0.2) is 18.2 Å². The van der Waals surface area contributed by atoms with Gasteiger partial charge in [-0.05, 0) is 37.6 Å². The number of unbranched alkanes of at least 4 members (excludes halogenated alkanes) is 1. The highest BCUT2D eigenvalue weighted by molar-refractivity contribution is 6.31. The molecule has 0 saturated heterocycles. The first-order valence-corrected chi connectivity index (χ1v) is 6.32. The van der Waals surface area contributed by atoms with E-state index in [9.17, 15) is 0 Å². The van der Waals surface area contributed by atoms with Crippen molar-refractivity contribution in [3.63, 3.8) is 0 Å². The second-order valence-electron chi connectivity index (χ2n) is 3.99. The number of hydrogen-bond donors (Lipinski definition) is 2. The molecule has 0 aliphatic carbocycles. The van der Waals surface area contributed by atoms with Crippen LogP contribution in [0.3, 0.4) is 0 Å². The Balaban J connectivity index is 2.19. The van der Waals surface area contributed by atoms with Gasteiger partial charge in [0.15, 0.2) is 0 Å². The van der Waals surface area contributed by atoms with Crippen LogP contribution in [0.1, 0.15) is 25.3 Å². The Hall–Kier alpha value is -0.730. The lowest BCUT2D eigenvalue weighted by molar-refractivity contribution is 0.652. The van der Waals surface area contributed by atoms with Gasteiger partial charge < -0.3 is 10.6 Å². The number of nitrogens with one attached hydrogen (secondary N) is 2. The summed E-state index contributed by atoms with van der Waals surface area (Å²) in [6.45, 7) is 7.24. The van der Waals surface area contributed by atoms with Crippen LogP contribution in [-0.4, -0.2) is 19.6 Å². The summed E-state index contributed by atoms with van der Waals surface area (Å²) in [5.74, 6) is 0. The van der Waals surface area contributed by atoms with E-state index in [1.165, 1.54) is 12.8 Å². The molecule has 0 heterocycles. The lowest BCUT2D eigenvalue weighted by Gasteiger charge is -2.08. The molecule has 0 atom stereocenters. The third-order valence-electron chi connectivity index (χ3n) is 2.51. The topological polar surface area (TPSA) is 24.1 Å². The molecule has 0 aliphatic rings. The normalized spacial score (nSPS) is 10.4. The van der Waals surface area contributed by atoms with E-state index in [4.69, 9.17) is 11.6 Å². The van der Waals surface area contributed by atoms with Crippen molar-refractivity contribution in [3.8, 4) is 0 Å². The Kier molecular flexibility index (Phi) is 6.27. The molecule has 0 unspecified atom stereocenters. The van der Waals surface area contributed by atoms with Crippen LogP contribution in [-0.2, 0) is 0 Å². The molecule has 90 valence electrons. The molecule has 0 amide bonds. The zero-order valence-electron chi connectivity index (χ0n) is 10.1. The highest BCUT2D eigenvalue weighted by Gasteiger charge is 1.96. The van der Waals surface area contributed by atoms with Gasteiger partial charge in [-0.2, -0.15) is 0 Å². The second-order valence-corrected chi connectivity index (χ2v) is 4.40. The first kappa shape index (κ1) is 13.3. The van der Waals surface area contributed by atoms with Crippen LogP contribution in [0.25, 0.3) is 0 Å². The third kappa shape index (κ3) is 4.86. The fraction of sp³-hybridized carbons (Fsp3) is 0.538. The molecule has 1 aromatic carbocycles. The first-order valence-electron chi connectivity index (χ1n) is 5.94. The van der Waals surface area contributed by atoms with Gasteiger partial charge in [-0.25, -0.2) is 0 Å². The maximum atomic E-state index is 6.04. The van der Waals surface area contributed by atoms with Gasteiger partial charge in [0.25, 0.3) is 0 Å². The summed E-state index contributed by atoms with van der Waals surface area (Å²) >= 11 is 6.04. The van der Waals surface area contributed by atoms with Crippen LogP contribution >= 0.6 is 11.6 Å². The van der Waals surface area contributed by atoms with Crippen LogP contribution < -0.4 is 10.6 Å². The largest absolute Gasteiger partial charge is 0.384 e. The van der Waals surface area contributed by atoms with E-state index in [-0.39, 0.29) is 0 Å². The molecule has 16 heavy (non-hydrogen) atoms. The van der Waals surface area contributed by atoms with Crippen molar-refractivity contribution in [1.29, 1.82) is 0 Å². The van der Waals surface area contributed by atoms with Gasteiger partial charge in [-0.1, -0.05) is 31.0 Å². The quantitative estimate of drug-likeness (QED) is 0.714. The molecule has 0 saturated carbocycles. The minimum atomic E-state index is 0.823. The number of hydrogen-bond acceptors (Lipinski definition) is 2. The zero-order chi connectivity index (χ0) is 11.8. The molecule has 0 aromatic heterocycles. The van der Waals surface area contributed by atoms with Gasteiger partial charge in [-0.3, -0.25) is 0 Å². The molecule has 0 bridgehead atoms. The maximum Gasteiger partial charge on any atom is 0.0455 e. The monoisotopic (exact) mass is 240 g/mol. The summed E-state index contributed by atoms with van der Waals surface area (Å²) in [7, 11) is 0. The van der Waals surface area contributed by atoms with Crippen molar-refractivity contribution in [2.75, 3.05) is 25.0 Å². The standard InChI is InChI=1S/C13H21ClN2/c1-3-4-7-15-8-9-16-12-6-5-11(2)13(14)10-12/h5-6,10,15-16H,3-4,7-9H2,1-2H3. The smallest absolute Gasteiger partial charge is 0.0455 e. The van der Waals surface area contributed by atoms with Crippen molar-refractivity contribution < 1.29 is 0 Å². The Bertz CT molecular complexity index is 313. The third-order valence-corrected chi connectivity index (χ3v) is 2.92. The van der Waals surface area contributed by atoms with Gasteiger partial charge >= 0.3 is 0 Å². The van der Waals surface area contributed by atoms with Gasteiger partial charge in [-0.15, -0.1) is 0 Å². The Labute approximate surface area is 103 Å². The molecule has 1 rings (SSSR count). The molecule has 0 aliphatic heterocycles. The lowest BCUT2D eigenvalue weighted by Crippen LogP contribution is -2.23. The fourth-order valence-corrected chi connectivity index (χ4v) is 1.61. The highest BCUT2D eigenvalue weighted by atomic mass is 35.5. The van der Waals surface area contributed by atoms with E-state index in [2.05, 4.69) is 23.6 Å². The highest BCUT2D eigenvalue weighted by Crippen LogP contribution is 2.19. The van der Waals surface area contributed by atoms with Gasteiger partial charge in [0.2, 0.25) is 0 Å². The van der Waals surface area contributed by atoms with Gasteiger partial charge in [0, 0.05) is 23.8 Å². The first-order chi connectivity index (χ1) is 7.74. The van der Waals surface area contributed by atoms with E-state index in [1.807, 2.05) is 19.1 Å². The molecule has 0 spiro atoms. The van der Waals surface area contributed by atoms with Crippen molar-refractivity contribution in [2.24, 2.45) is 0 Å². The summed E-state index contributed by atoms with van der Waals surface area (Å²) in [6, 6.07) is 6.07. The number of benzene rings is 1.